The molecule has 82 valence electrons. The Morgan fingerprint density at radius 3 is 2.94 bits per heavy atom. The molecule has 0 atom stereocenters. The number of benzene rings is 1. The topological polar surface area (TPSA) is 12.0 Å². The van der Waals surface area contributed by atoms with Crippen molar-refractivity contribution in [3.63, 3.8) is 0 Å². The van der Waals surface area contributed by atoms with E-state index >= 15 is 0 Å². The summed E-state index contributed by atoms with van der Waals surface area (Å²) in [4.78, 5) is 0. The lowest BCUT2D eigenvalue weighted by Gasteiger charge is -2.17. The van der Waals surface area contributed by atoms with E-state index in [4.69, 9.17) is 0 Å². The number of nitrogens with one attached hydrogen (secondary N) is 1. The van der Waals surface area contributed by atoms with Gasteiger partial charge in [0.25, 0.3) is 0 Å². The standard InChI is InChI=1S/C15H17N/c1-3-4-5-6-13-10-14-9-12(2)7-8-15(14)16-11-13/h3-10,16H,11H2,1-2H3/b4-3-,6-5-. The smallest absolute Gasteiger partial charge is 0.0416 e. The molecule has 1 heteroatoms. The van der Waals surface area contributed by atoms with Crippen LogP contribution in [0, 0.1) is 6.92 Å². The quantitative estimate of drug-likeness (QED) is 0.731. The van der Waals surface area contributed by atoms with Crippen LogP contribution in [0.2, 0.25) is 0 Å². The van der Waals surface area contributed by atoms with Crippen molar-refractivity contribution in [1.29, 1.82) is 0 Å². The van der Waals surface area contributed by atoms with E-state index in [9.17, 15) is 0 Å². The molecule has 0 bridgehead atoms. The number of aryl methyl sites for hydroxylation is 1. The normalized spacial score (nSPS) is 15.0. The molecule has 0 fully saturated rings. The first-order chi connectivity index (χ1) is 7.79. The molecule has 0 saturated carbocycles. The summed E-state index contributed by atoms with van der Waals surface area (Å²) in [5.74, 6) is 0. The lowest BCUT2D eigenvalue weighted by Crippen LogP contribution is -2.09. The van der Waals surface area contributed by atoms with Gasteiger partial charge in [0.15, 0.2) is 0 Å². The second-order valence-corrected chi connectivity index (χ2v) is 4.05. The van der Waals surface area contributed by atoms with Gasteiger partial charge in [0.1, 0.15) is 0 Å². The van der Waals surface area contributed by atoms with E-state index in [1.807, 2.05) is 19.1 Å². The molecule has 1 aromatic rings. The lowest BCUT2D eigenvalue weighted by atomic mass is 10.0. The van der Waals surface area contributed by atoms with Gasteiger partial charge < -0.3 is 5.32 Å². The zero-order valence-corrected chi connectivity index (χ0v) is 9.83. The van der Waals surface area contributed by atoms with E-state index in [2.05, 4.69) is 48.7 Å². The molecule has 1 aliphatic rings. The van der Waals surface area contributed by atoms with Crippen LogP contribution in [-0.2, 0) is 0 Å². The summed E-state index contributed by atoms with van der Waals surface area (Å²) in [6.07, 6.45) is 10.6. The van der Waals surface area contributed by atoms with Crippen molar-refractivity contribution in [1.82, 2.24) is 0 Å². The van der Waals surface area contributed by atoms with Gasteiger partial charge in [0.2, 0.25) is 0 Å². The second-order valence-electron chi connectivity index (χ2n) is 4.05. The molecule has 0 unspecified atom stereocenters. The van der Waals surface area contributed by atoms with Gasteiger partial charge in [-0.1, -0.05) is 35.9 Å². The van der Waals surface area contributed by atoms with E-state index in [0.29, 0.717) is 0 Å². The van der Waals surface area contributed by atoms with Crippen LogP contribution in [0.1, 0.15) is 18.1 Å². The van der Waals surface area contributed by atoms with E-state index < -0.39 is 0 Å². The predicted molar refractivity (Wildman–Crippen MR) is 71.6 cm³/mol. The molecule has 0 saturated heterocycles. The highest BCUT2D eigenvalue weighted by Crippen LogP contribution is 2.24. The highest BCUT2D eigenvalue weighted by atomic mass is 14.9. The van der Waals surface area contributed by atoms with Crippen molar-refractivity contribution in [3.8, 4) is 0 Å². The van der Waals surface area contributed by atoms with Gasteiger partial charge >= 0.3 is 0 Å². The first-order valence-corrected chi connectivity index (χ1v) is 5.64. The summed E-state index contributed by atoms with van der Waals surface area (Å²) < 4.78 is 0. The van der Waals surface area contributed by atoms with Crippen LogP contribution in [0.4, 0.5) is 5.69 Å². The molecular weight excluding hydrogens is 194 g/mol. The van der Waals surface area contributed by atoms with Crippen molar-refractivity contribution in [2.45, 2.75) is 13.8 Å². The molecule has 0 aromatic heterocycles. The number of fused-ring (bicyclic) bond motifs is 1. The zero-order chi connectivity index (χ0) is 11.4. The van der Waals surface area contributed by atoms with Crippen LogP contribution < -0.4 is 5.32 Å². The van der Waals surface area contributed by atoms with Gasteiger partial charge in [0, 0.05) is 12.2 Å². The van der Waals surface area contributed by atoms with Gasteiger partial charge in [-0.3, -0.25) is 0 Å². The maximum Gasteiger partial charge on any atom is 0.0416 e. The number of hydrogen-bond acceptors (Lipinski definition) is 1. The van der Waals surface area contributed by atoms with Crippen LogP contribution in [0.15, 0.2) is 48.1 Å². The Morgan fingerprint density at radius 2 is 2.12 bits per heavy atom. The van der Waals surface area contributed by atoms with E-state index in [0.717, 1.165) is 6.54 Å². The predicted octanol–water partition coefficient (Wildman–Crippen LogP) is 3.94. The summed E-state index contributed by atoms with van der Waals surface area (Å²) in [6.45, 7) is 5.05. The third kappa shape index (κ3) is 2.43. The molecule has 1 aliphatic heterocycles. The molecule has 0 aliphatic carbocycles. The van der Waals surface area contributed by atoms with Gasteiger partial charge in [-0.15, -0.1) is 0 Å². The van der Waals surface area contributed by atoms with Crippen molar-refractivity contribution in [2.75, 3.05) is 11.9 Å². The minimum Gasteiger partial charge on any atom is -0.380 e. The summed E-state index contributed by atoms with van der Waals surface area (Å²) in [5.41, 5.74) is 5.13. The molecule has 1 nitrogen and oxygen atoms in total. The summed E-state index contributed by atoms with van der Waals surface area (Å²) in [6, 6.07) is 6.50. The number of hydrogen-bond donors (Lipinski definition) is 1. The molecule has 1 heterocycles. The monoisotopic (exact) mass is 211 g/mol. The van der Waals surface area contributed by atoms with E-state index in [1.165, 1.54) is 22.4 Å². The number of rotatable bonds is 2. The minimum atomic E-state index is 0.907. The Kier molecular flexibility index (Phi) is 3.25. The number of anilines is 1. The van der Waals surface area contributed by atoms with Crippen LogP contribution in [0.5, 0.6) is 0 Å². The van der Waals surface area contributed by atoms with E-state index in [-0.39, 0.29) is 0 Å². The maximum atomic E-state index is 3.42. The Morgan fingerprint density at radius 1 is 1.25 bits per heavy atom. The lowest BCUT2D eigenvalue weighted by molar-refractivity contribution is 1.24. The van der Waals surface area contributed by atoms with Crippen molar-refractivity contribution < 1.29 is 0 Å². The van der Waals surface area contributed by atoms with Crippen LogP contribution in [0.3, 0.4) is 0 Å². The highest BCUT2D eigenvalue weighted by Gasteiger charge is 2.06. The van der Waals surface area contributed by atoms with Crippen LogP contribution >= 0.6 is 0 Å². The van der Waals surface area contributed by atoms with Gasteiger partial charge in [-0.2, -0.15) is 0 Å². The maximum absolute atomic E-state index is 3.42. The average molecular weight is 211 g/mol. The van der Waals surface area contributed by atoms with Gasteiger partial charge in [0.05, 0.1) is 0 Å². The Bertz CT molecular complexity index is 464. The number of allylic oxidation sites excluding steroid dienone is 3. The fourth-order valence-electron chi connectivity index (χ4n) is 1.81. The molecular formula is C15H17N. The summed E-state index contributed by atoms with van der Waals surface area (Å²) >= 11 is 0. The third-order valence-corrected chi connectivity index (χ3v) is 2.64. The first-order valence-electron chi connectivity index (χ1n) is 5.64. The molecule has 2 rings (SSSR count). The molecule has 16 heavy (non-hydrogen) atoms. The molecule has 1 aromatic carbocycles. The van der Waals surface area contributed by atoms with Gasteiger partial charge in [-0.25, -0.2) is 0 Å². The first kappa shape index (κ1) is 10.7. The van der Waals surface area contributed by atoms with Crippen molar-refractivity contribution in [3.05, 3.63) is 59.2 Å². The van der Waals surface area contributed by atoms with Crippen molar-refractivity contribution in [2.24, 2.45) is 0 Å². The highest BCUT2D eigenvalue weighted by molar-refractivity contribution is 5.74. The van der Waals surface area contributed by atoms with Crippen molar-refractivity contribution >= 4 is 11.8 Å². The SMILES string of the molecule is C/C=C\C=C/C1=Cc2cc(C)ccc2NC1. The zero-order valence-electron chi connectivity index (χ0n) is 9.83. The molecule has 0 amide bonds. The van der Waals surface area contributed by atoms with E-state index in [1.54, 1.807) is 0 Å². The Balaban J connectivity index is 2.26. The van der Waals surface area contributed by atoms with Crippen LogP contribution in [-0.4, -0.2) is 6.54 Å². The van der Waals surface area contributed by atoms with Crippen LogP contribution in [0.25, 0.3) is 6.08 Å². The van der Waals surface area contributed by atoms with Gasteiger partial charge in [-0.05, 0) is 43.2 Å². The Labute approximate surface area is 97.2 Å². The largest absolute Gasteiger partial charge is 0.380 e. The Hall–Kier alpha value is -1.76. The summed E-state index contributed by atoms with van der Waals surface area (Å²) in [5, 5.41) is 3.42. The second kappa shape index (κ2) is 4.84. The minimum absolute atomic E-state index is 0.907. The molecule has 0 spiro atoms. The fourth-order valence-corrected chi connectivity index (χ4v) is 1.81. The molecule has 1 N–H and O–H groups in total. The third-order valence-electron chi connectivity index (χ3n) is 2.64. The average Bonchev–Trinajstić information content (AvgIpc) is 2.29. The molecule has 0 radical (unpaired) electrons. The fraction of sp³-hybridized carbons (Fsp3) is 0.200. The summed E-state index contributed by atoms with van der Waals surface area (Å²) in [7, 11) is 0.